The number of benzene rings is 1. The van der Waals surface area contributed by atoms with Crippen molar-refractivity contribution in [3.05, 3.63) is 58.0 Å². The molecule has 0 aliphatic heterocycles. The van der Waals surface area contributed by atoms with E-state index >= 15 is 0 Å². The summed E-state index contributed by atoms with van der Waals surface area (Å²) in [6.45, 7) is 6.26. The van der Waals surface area contributed by atoms with Gasteiger partial charge >= 0.3 is 5.82 Å². The lowest BCUT2D eigenvalue weighted by molar-refractivity contribution is -0.392. The summed E-state index contributed by atoms with van der Waals surface area (Å²) >= 11 is 0. The smallest absolute Gasteiger partial charge is 0.343 e. The number of nitrogens with zero attached hydrogens (tertiary/aromatic N) is 4. The molecule has 0 saturated carbocycles. The Hall–Kier alpha value is -2.51. The topological polar surface area (TPSA) is 84.4 Å². The van der Waals surface area contributed by atoms with Crippen LogP contribution in [0.5, 0.6) is 0 Å². The molecule has 1 aromatic carbocycles. The number of hydrogen-bond donors (Lipinski definition) is 1. The van der Waals surface area contributed by atoms with E-state index in [1.54, 1.807) is 6.08 Å². The van der Waals surface area contributed by atoms with Crippen LogP contribution in [0.4, 0.5) is 5.82 Å². The van der Waals surface area contributed by atoms with Gasteiger partial charge in [-0.25, -0.2) is 9.55 Å². The monoisotopic (exact) mass is 344 g/mol. The molecule has 0 radical (unpaired) electrons. The largest absolute Gasteiger partial charge is 0.388 e. The van der Waals surface area contributed by atoms with Gasteiger partial charge < -0.3 is 20.1 Å². The van der Waals surface area contributed by atoms with Crippen molar-refractivity contribution in [1.82, 2.24) is 14.5 Å². The van der Waals surface area contributed by atoms with E-state index in [1.807, 2.05) is 50.3 Å². The molecule has 1 atom stereocenters. The predicted octanol–water partition coefficient (Wildman–Crippen LogP) is 2.66. The molecule has 25 heavy (non-hydrogen) atoms. The zero-order chi connectivity index (χ0) is 18.2. The highest BCUT2D eigenvalue weighted by molar-refractivity contribution is 5.67. The maximum Gasteiger partial charge on any atom is 0.343 e. The number of aliphatic hydroxyl groups is 1. The molecular formula is C18H24N4O3. The maximum absolute atomic E-state index is 11.3. The van der Waals surface area contributed by atoms with E-state index in [-0.39, 0.29) is 12.4 Å². The van der Waals surface area contributed by atoms with Gasteiger partial charge in [-0.1, -0.05) is 44.2 Å². The number of likely N-dealkylation sites (N-methyl/N-ethyl adjacent to an activating group) is 1. The van der Waals surface area contributed by atoms with Gasteiger partial charge in [0, 0.05) is 12.6 Å². The Labute approximate surface area is 147 Å². The Kier molecular flexibility index (Phi) is 6.85. The summed E-state index contributed by atoms with van der Waals surface area (Å²) < 4.78 is 1.45. The minimum atomic E-state index is -0.711. The fourth-order valence-electron chi connectivity index (χ4n) is 2.63. The summed E-state index contributed by atoms with van der Waals surface area (Å²) in [6.07, 6.45) is 4.09. The van der Waals surface area contributed by atoms with Crippen molar-refractivity contribution < 1.29 is 10.0 Å². The summed E-state index contributed by atoms with van der Waals surface area (Å²) in [5.74, 6) is 0.334. The number of hydrogen-bond acceptors (Lipinski definition) is 5. The second kappa shape index (κ2) is 9.10. The zero-order valence-electron chi connectivity index (χ0n) is 14.6. The van der Waals surface area contributed by atoms with Gasteiger partial charge in [-0.05, 0) is 29.7 Å². The SMILES string of the molecule is CCN(CC)CC(O)Cn1c([N+](=O)[O-])cnc1C=Cc1ccccc1. The summed E-state index contributed by atoms with van der Waals surface area (Å²) in [6, 6.07) is 9.64. The highest BCUT2D eigenvalue weighted by Crippen LogP contribution is 2.17. The van der Waals surface area contributed by atoms with Gasteiger partial charge in [-0.2, -0.15) is 0 Å². The molecular weight excluding hydrogens is 320 g/mol. The van der Waals surface area contributed by atoms with E-state index in [4.69, 9.17) is 0 Å². The molecule has 7 heteroatoms. The number of aromatic nitrogens is 2. The predicted molar refractivity (Wildman–Crippen MR) is 98.0 cm³/mol. The minimum Gasteiger partial charge on any atom is -0.388 e. The van der Waals surface area contributed by atoms with Crippen LogP contribution in [0.3, 0.4) is 0 Å². The van der Waals surface area contributed by atoms with Crippen LogP contribution >= 0.6 is 0 Å². The van der Waals surface area contributed by atoms with Crippen LogP contribution in [0.2, 0.25) is 0 Å². The number of aliphatic hydroxyl groups excluding tert-OH is 1. The number of rotatable bonds is 9. The lowest BCUT2D eigenvalue weighted by atomic mass is 10.2. The second-order valence-corrected chi connectivity index (χ2v) is 5.73. The highest BCUT2D eigenvalue weighted by atomic mass is 16.6. The molecule has 2 rings (SSSR count). The van der Waals surface area contributed by atoms with E-state index < -0.39 is 11.0 Å². The third kappa shape index (κ3) is 5.23. The minimum absolute atomic E-state index is 0.119. The molecule has 1 aromatic heterocycles. The fourth-order valence-corrected chi connectivity index (χ4v) is 2.63. The van der Waals surface area contributed by atoms with Gasteiger partial charge in [0.1, 0.15) is 18.8 Å². The molecule has 0 fully saturated rings. The maximum atomic E-state index is 11.3. The molecule has 0 aliphatic rings. The van der Waals surface area contributed by atoms with Crippen molar-refractivity contribution >= 4 is 18.0 Å². The molecule has 0 aliphatic carbocycles. The zero-order valence-corrected chi connectivity index (χ0v) is 14.6. The molecule has 7 nitrogen and oxygen atoms in total. The van der Waals surface area contributed by atoms with E-state index in [0.29, 0.717) is 12.4 Å². The van der Waals surface area contributed by atoms with Gasteiger partial charge in [-0.3, -0.25) is 0 Å². The van der Waals surface area contributed by atoms with E-state index in [1.165, 1.54) is 10.8 Å². The molecule has 1 heterocycles. The van der Waals surface area contributed by atoms with Crippen LogP contribution in [0.1, 0.15) is 25.2 Å². The molecule has 0 spiro atoms. The first-order chi connectivity index (χ1) is 12.0. The van der Waals surface area contributed by atoms with Gasteiger partial charge in [0.05, 0.1) is 0 Å². The average molecular weight is 344 g/mol. The van der Waals surface area contributed by atoms with Gasteiger partial charge in [0.15, 0.2) is 0 Å². The molecule has 0 bridgehead atoms. The Morgan fingerprint density at radius 3 is 2.56 bits per heavy atom. The van der Waals surface area contributed by atoms with Crippen LogP contribution in [0.25, 0.3) is 12.2 Å². The summed E-state index contributed by atoms with van der Waals surface area (Å²) in [7, 11) is 0. The fraction of sp³-hybridized carbons (Fsp3) is 0.389. The Morgan fingerprint density at radius 1 is 1.28 bits per heavy atom. The second-order valence-electron chi connectivity index (χ2n) is 5.73. The molecule has 1 unspecified atom stereocenters. The Bertz CT molecular complexity index is 708. The Balaban J connectivity index is 2.21. The third-order valence-electron chi connectivity index (χ3n) is 4.03. The third-order valence-corrected chi connectivity index (χ3v) is 4.03. The van der Waals surface area contributed by atoms with Crippen molar-refractivity contribution in [2.24, 2.45) is 0 Å². The summed E-state index contributed by atoms with van der Waals surface area (Å²) in [4.78, 5) is 17.0. The van der Waals surface area contributed by atoms with E-state index in [0.717, 1.165) is 18.7 Å². The van der Waals surface area contributed by atoms with Crippen molar-refractivity contribution in [3.8, 4) is 0 Å². The first-order valence-electron chi connectivity index (χ1n) is 8.38. The van der Waals surface area contributed by atoms with Crippen molar-refractivity contribution in [1.29, 1.82) is 0 Å². The molecule has 1 N–H and O–H groups in total. The number of imidazole rings is 1. The Morgan fingerprint density at radius 2 is 1.96 bits per heavy atom. The lowest BCUT2D eigenvalue weighted by Crippen LogP contribution is -2.34. The van der Waals surface area contributed by atoms with Gasteiger partial charge in [-0.15, -0.1) is 0 Å². The molecule has 0 amide bonds. The van der Waals surface area contributed by atoms with Crippen LogP contribution < -0.4 is 0 Å². The van der Waals surface area contributed by atoms with Crippen molar-refractivity contribution in [2.75, 3.05) is 19.6 Å². The van der Waals surface area contributed by atoms with Gasteiger partial charge in [0.25, 0.3) is 0 Å². The number of nitro groups is 1. The normalized spacial score (nSPS) is 12.8. The molecule has 134 valence electrons. The first kappa shape index (κ1) is 18.8. The van der Waals surface area contributed by atoms with Crippen LogP contribution in [-0.4, -0.2) is 50.2 Å². The highest BCUT2D eigenvalue weighted by Gasteiger charge is 2.22. The molecule has 0 saturated heterocycles. The molecule has 2 aromatic rings. The van der Waals surface area contributed by atoms with E-state index in [2.05, 4.69) is 9.88 Å². The average Bonchev–Trinajstić information content (AvgIpc) is 3.01. The quantitative estimate of drug-likeness (QED) is 0.558. The van der Waals surface area contributed by atoms with Crippen LogP contribution in [0, 0.1) is 10.1 Å². The van der Waals surface area contributed by atoms with Gasteiger partial charge in [0.2, 0.25) is 5.82 Å². The van der Waals surface area contributed by atoms with Crippen LogP contribution in [-0.2, 0) is 6.54 Å². The summed E-state index contributed by atoms with van der Waals surface area (Å²) in [5, 5.41) is 21.6. The lowest BCUT2D eigenvalue weighted by Gasteiger charge is -2.21. The van der Waals surface area contributed by atoms with Crippen molar-refractivity contribution in [2.45, 2.75) is 26.5 Å². The van der Waals surface area contributed by atoms with Crippen LogP contribution in [0.15, 0.2) is 36.5 Å². The first-order valence-corrected chi connectivity index (χ1v) is 8.38. The van der Waals surface area contributed by atoms with Crippen molar-refractivity contribution in [3.63, 3.8) is 0 Å². The standard InChI is InChI=1S/C18H24N4O3/c1-3-20(4-2)13-16(23)14-21-17(19-12-18(21)22(24)25)11-10-15-8-6-5-7-9-15/h5-12,16,23H,3-4,13-14H2,1-2H3. The van der Waals surface area contributed by atoms with E-state index in [9.17, 15) is 15.2 Å². The summed E-state index contributed by atoms with van der Waals surface area (Å²) in [5.41, 5.74) is 0.975.